The molecule has 0 radical (unpaired) electrons. The van der Waals surface area contributed by atoms with E-state index < -0.39 is 10.7 Å². The molecule has 0 unspecified atom stereocenters. The van der Waals surface area contributed by atoms with Crippen molar-refractivity contribution < 1.29 is 9.31 Å². The van der Waals surface area contributed by atoms with E-state index in [1.807, 2.05) is 0 Å². The Hall–Kier alpha value is -2.21. The minimum atomic E-state index is -0.609. The van der Waals surface area contributed by atoms with Gasteiger partial charge in [0, 0.05) is 17.3 Å². The van der Waals surface area contributed by atoms with Gasteiger partial charge < -0.3 is 5.32 Å². The van der Waals surface area contributed by atoms with Crippen LogP contribution in [0.25, 0.3) is 0 Å². The van der Waals surface area contributed by atoms with Crippen molar-refractivity contribution in [1.82, 2.24) is 4.98 Å². The van der Waals surface area contributed by atoms with Gasteiger partial charge in [-0.1, -0.05) is 11.6 Å². The highest BCUT2D eigenvalue weighted by Gasteiger charge is 2.15. The third-order valence-corrected chi connectivity index (χ3v) is 2.40. The van der Waals surface area contributed by atoms with Crippen molar-refractivity contribution in [2.24, 2.45) is 0 Å². The Kier molecular flexibility index (Phi) is 3.38. The average molecular weight is 268 g/mol. The average Bonchev–Trinajstić information content (AvgIpc) is 2.33. The fourth-order valence-electron chi connectivity index (χ4n) is 1.36. The van der Waals surface area contributed by atoms with Crippen LogP contribution in [0.15, 0.2) is 36.5 Å². The maximum Gasteiger partial charge on any atom is 0.311 e. The Balaban J connectivity index is 2.37. The summed E-state index contributed by atoms with van der Waals surface area (Å²) in [5, 5.41) is 13.6. The number of nitrogens with one attached hydrogen (secondary N) is 1. The van der Waals surface area contributed by atoms with E-state index in [9.17, 15) is 14.5 Å². The number of anilines is 2. The predicted molar refractivity (Wildman–Crippen MR) is 65.6 cm³/mol. The zero-order valence-electron chi connectivity index (χ0n) is 8.93. The molecule has 5 nitrogen and oxygen atoms in total. The molecule has 0 bridgehead atoms. The van der Waals surface area contributed by atoms with E-state index in [2.05, 4.69) is 10.3 Å². The lowest BCUT2D eigenvalue weighted by molar-refractivity contribution is -0.384. The van der Waals surface area contributed by atoms with Gasteiger partial charge in [-0.15, -0.1) is 0 Å². The van der Waals surface area contributed by atoms with Crippen LogP contribution < -0.4 is 5.32 Å². The molecule has 0 fully saturated rings. The van der Waals surface area contributed by atoms with E-state index in [1.54, 1.807) is 0 Å². The molecule has 0 atom stereocenters. The van der Waals surface area contributed by atoms with Crippen molar-refractivity contribution in [1.29, 1.82) is 0 Å². The highest BCUT2D eigenvalue weighted by Crippen LogP contribution is 2.27. The van der Waals surface area contributed by atoms with Gasteiger partial charge in [0.15, 0.2) is 0 Å². The lowest BCUT2D eigenvalue weighted by Gasteiger charge is -2.06. The first kappa shape index (κ1) is 12.3. The SMILES string of the molecule is O=[N+]([O-])c1cccnc1Nc1ccc(Cl)cc1F. The van der Waals surface area contributed by atoms with Gasteiger partial charge in [-0.3, -0.25) is 10.1 Å². The molecule has 0 spiro atoms. The minimum absolute atomic E-state index is 0.0243. The van der Waals surface area contributed by atoms with E-state index >= 15 is 0 Å². The van der Waals surface area contributed by atoms with Gasteiger partial charge in [-0.05, 0) is 24.3 Å². The quantitative estimate of drug-likeness (QED) is 0.682. The zero-order chi connectivity index (χ0) is 13.1. The highest BCUT2D eigenvalue weighted by molar-refractivity contribution is 6.30. The summed E-state index contributed by atoms with van der Waals surface area (Å²) in [4.78, 5) is 14.0. The van der Waals surface area contributed by atoms with Gasteiger partial charge in [0.25, 0.3) is 0 Å². The molecular formula is C11H7ClFN3O2. The Labute approximate surface area is 106 Å². The summed E-state index contributed by atoms with van der Waals surface area (Å²) < 4.78 is 13.5. The molecule has 1 aromatic carbocycles. The van der Waals surface area contributed by atoms with Crippen LogP contribution in [0.4, 0.5) is 21.6 Å². The molecule has 92 valence electrons. The fraction of sp³-hybridized carbons (Fsp3) is 0. The van der Waals surface area contributed by atoms with Gasteiger partial charge in [0.1, 0.15) is 5.82 Å². The number of nitrogens with zero attached hydrogens (tertiary/aromatic N) is 2. The normalized spacial score (nSPS) is 10.1. The maximum absolute atomic E-state index is 13.5. The summed E-state index contributed by atoms with van der Waals surface area (Å²) in [6, 6.07) is 6.68. The predicted octanol–water partition coefficient (Wildman–Crippen LogP) is 3.53. The van der Waals surface area contributed by atoms with Gasteiger partial charge in [0.05, 0.1) is 10.6 Å². The number of rotatable bonds is 3. The summed E-state index contributed by atoms with van der Waals surface area (Å²) in [6.45, 7) is 0. The van der Waals surface area contributed by atoms with Crippen LogP contribution in [-0.2, 0) is 0 Å². The van der Waals surface area contributed by atoms with Gasteiger partial charge in [-0.25, -0.2) is 9.37 Å². The largest absolute Gasteiger partial charge is 0.332 e. The molecule has 0 aliphatic heterocycles. The first-order chi connectivity index (χ1) is 8.58. The first-order valence-corrected chi connectivity index (χ1v) is 5.27. The van der Waals surface area contributed by atoms with Crippen molar-refractivity contribution in [2.75, 3.05) is 5.32 Å². The zero-order valence-corrected chi connectivity index (χ0v) is 9.69. The van der Waals surface area contributed by atoms with Crippen molar-refractivity contribution in [2.45, 2.75) is 0 Å². The molecule has 0 saturated carbocycles. The lowest BCUT2D eigenvalue weighted by atomic mass is 10.3. The molecule has 0 saturated heterocycles. The molecular weight excluding hydrogens is 261 g/mol. The standard InChI is InChI=1S/C11H7ClFN3O2/c12-7-3-4-9(8(13)6-7)15-11-10(16(17)18)2-1-5-14-11/h1-6H,(H,14,15). The molecule has 0 aliphatic carbocycles. The smallest absolute Gasteiger partial charge is 0.311 e. The van der Waals surface area contributed by atoms with Crippen molar-refractivity contribution in [3.8, 4) is 0 Å². The number of aromatic nitrogens is 1. The second kappa shape index (κ2) is 4.97. The summed E-state index contributed by atoms with van der Waals surface area (Å²) in [5.74, 6) is -0.633. The maximum atomic E-state index is 13.5. The van der Waals surface area contributed by atoms with Crippen molar-refractivity contribution >= 4 is 28.8 Å². The second-order valence-electron chi connectivity index (χ2n) is 3.38. The van der Waals surface area contributed by atoms with Crippen LogP contribution in [0.1, 0.15) is 0 Å². The van der Waals surface area contributed by atoms with Crippen molar-refractivity contribution in [3.05, 3.63) is 57.5 Å². The number of pyridine rings is 1. The molecule has 7 heteroatoms. The molecule has 1 aromatic heterocycles. The Morgan fingerprint density at radius 2 is 2.17 bits per heavy atom. The number of halogens is 2. The van der Waals surface area contributed by atoms with Gasteiger partial charge >= 0.3 is 5.69 Å². The van der Waals surface area contributed by atoms with E-state index in [-0.39, 0.29) is 22.2 Å². The number of hydrogen-bond donors (Lipinski definition) is 1. The lowest BCUT2D eigenvalue weighted by Crippen LogP contribution is -2.00. The minimum Gasteiger partial charge on any atom is -0.332 e. The van der Waals surface area contributed by atoms with E-state index in [1.165, 1.54) is 30.5 Å². The number of hydrogen-bond acceptors (Lipinski definition) is 4. The molecule has 0 amide bonds. The van der Waals surface area contributed by atoms with Gasteiger partial charge in [-0.2, -0.15) is 0 Å². The summed E-state index contributed by atoms with van der Waals surface area (Å²) in [7, 11) is 0. The van der Waals surface area contributed by atoms with E-state index in [0.717, 1.165) is 6.07 Å². The molecule has 2 aromatic rings. The Bertz CT molecular complexity index is 607. The number of nitro groups is 1. The van der Waals surface area contributed by atoms with Crippen LogP contribution in [0.2, 0.25) is 5.02 Å². The Morgan fingerprint density at radius 3 is 2.83 bits per heavy atom. The fourth-order valence-corrected chi connectivity index (χ4v) is 1.52. The third kappa shape index (κ3) is 2.54. The summed E-state index contributed by atoms with van der Waals surface area (Å²) in [6.07, 6.45) is 1.38. The molecule has 1 heterocycles. The van der Waals surface area contributed by atoms with Crippen LogP contribution in [0.3, 0.4) is 0 Å². The van der Waals surface area contributed by atoms with Crippen LogP contribution in [0, 0.1) is 15.9 Å². The second-order valence-corrected chi connectivity index (χ2v) is 3.81. The van der Waals surface area contributed by atoms with Crippen molar-refractivity contribution in [3.63, 3.8) is 0 Å². The van der Waals surface area contributed by atoms with Crippen LogP contribution >= 0.6 is 11.6 Å². The summed E-state index contributed by atoms with van der Waals surface area (Å²) >= 11 is 5.61. The van der Waals surface area contributed by atoms with Crippen LogP contribution in [-0.4, -0.2) is 9.91 Å². The van der Waals surface area contributed by atoms with E-state index in [4.69, 9.17) is 11.6 Å². The van der Waals surface area contributed by atoms with Gasteiger partial charge in [0.2, 0.25) is 5.82 Å². The van der Waals surface area contributed by atoms with E-state index in [0.29, 0.717) is 0 Å². The van der Waals surface area contributed by atoms with Crippen LogP contribution in [0.5, 0.6) is 0 Å². The monoisotopic (exact) mass is 267 g/mol. The molecule has 2 rings (SSSR count). The number of benzene rings is 1. The topological polar surface area (TPSA) is 68.1 Å². The molecule has 1 N–H and O–H groups in total. The highest BCUT2D eigenvalue weighted by atomic mass is 35.5. The molecule has 0 aliphatic rings. The summed E-state index contributed by atoms with van der Waals surface area (Å²) in [5.41, 5.74) is -0.159. The molecule has 18 heavy (non-hydrogen) atoms. The Morgan fingerprint density at radius 1 is 1.39 bits per heavy atom. The third-order valence-electron chi connectivity index (χ3n) is 2.17. The first-order valence-electron chi connectivity index (χ1n) is 4.89.